The monoisotopic (exact) mass is 324 g/mol. The largest absolute Gasteiger partial charge is 0.492 e. The first-order valence-corrected chi connectivity index (χ1v) is 7.09. The molecule has 2 aromatic carbocycles. The number of halogens is 2. The molecule has 0 aromatic heterocycles. The molecule has 0 unspecified atom stereocenters. The molecule has 0 aliphatic carbocycles. The maximum atomic E-state index is 11.7. The molecule has 4 nitrogen and oxygen atoms in total. The second-order valence-corrected chi connectivity index (χ2v) is 4.95. The van der Waals surface area contributed by atoms with Gasteiger partial charge in [0.15, 0.2) is 0 Å². The van der Waals surface area contributed by atoms with E-state index in [1.807, 2.05) is 30.3 Å². The summed E-state index contributed by atoms with van der Waals surface area (Å²) in [6.45, 7) is 0.733. The van der Waals surface area contributed by atoms with Gasteiger partial charge in [0.25, 0.3) is 0 Å². The third-order valence-corrected chi connectivity index (χ3v) is 3.23. The second kappa shape index (κ2) is 7.76. The van der Waals surface area contributed by atoms with Crippen LogP contribution in [0.5, 0.6) is 5.75 Å². The fraction of sp³-hybridized carbons (Fsp3) is 0.133. The summed E-state index contributed by atoms with van der Waals surface area (Å²) in [6.07, 6.45) is 0. The summed E-state index contributed by atoms with van der Waals surface area (Å²) in [5.41, 5.74) is 0.391. The highest BCUT2D eigenvalue weighted by Gasteiger charge is 2.08. The Labute approximate surface area is 133 Å². The molecule has 0 saturated heterocycles. The third kappa shape index (κ3) is 4.85. The van der Waals surface area contributed by atoms with E-state index in [2.05, 4.69) is 10.6 Å². The number of carbonyl (C=O) groups excluding carboxylic acids is 1. The average Bonchev–Trinajstić information content (AvgIpc) is 2.49. The lowest BCUT2D eigenvalue weighted by atomic mass is 10.3. The van der Waals surface area contributed by atoms with Gasteiger partial charge in [0.05, 0.1) is 22.3 Å². The van der Waals surface area contributed by atoms with Gasteiger partial charge in [-0.1, -0.05) is 47.5 Å². The first-order chi connectivity index (χ1) is 10.2. The minimum atomic E-state index is -0.387. The number of amides is 2. The van der Waals surface area contributed by atoms with Gasteiger partial charge in [0.1, 0.15) is 12.4 Å². The molecule has 0 atom stereocenters. The lowest BCUT2D eigenvalue weighted by Gasteiger charge is -2.11. The van der Waals surface area contributed by atoms with Crippen LogP contribution in [-0.2, 0) is 0 Å². The molecule has 2 rings (SSSR count). The molecule has 0 radical (unpaired) electrons. The molecular weight excluding hydrogens is 311 g/mol. The molecule has 0 aliphatic rings. The maximum Gasteiger partial charge on any atom is 0.319 e. The fourth-order valence-corrected chi connectivity index (χ4v) is 2.12. The Morgan fingerprint density at radius 3 is 2.33 bits per heavy atom. The molecule has 2 N–H and O–H groups in total. The number of anilines is 1. The minimum absolute atomic E-state index is 0.364. The molecule has 6 heteroatoms. The number of hydrogen-bond acceptors (Lipinski definition) is 2. The van der Waals surface area contributed by atoms with E-state index in [0.29, 0.717) is 28.9 Å². The van der Waals surface area contributed by atoms with E-state index in [9.17, 15) is 4.79 Å². The van der Waals surface area contributed by atoms with Crippen LogP contribution in [0.2, 0.25) is 10.0 Å². The van der Waals surface area contributed by atoms with Crippen molar-refractivity contribution in [2.24, 2.45) is 0 Å². The number of para-hydroxylation sites is 2. The van der Waals surface area contributed by atoms with Crippen molar-refractivity contribution in [2.75, 3.05) is 18.5 Å². The molecule has 0 fully saturated rings. The quantitative estimate of drug-likeness (QED) is 0.810. The predicted octanol–water partition coefficient (Wildman–Crippen LogP) is 4.19. The van der Waals surface area contributed by atoms with Crippen LogP contribution in [0.15, 0.2) is 48.5 Å². The lowest BCUT2D eigenvalue weighted by molar-refractivity contribution is 0.247. The van der Waals surface area contributed by atoms with Crippen LogP contribution >= 0.6 is 23.2 Å². The SMILES string of the molecule is O=C(NCCOc1ccccc1)Nc1c(Cl)cccc1Cl. The van der Waals surface area contributed by atoms with Crippen molar-refractivity contribution in [1.29, 1.82) is 0 Å². The Kier molecular flexibility index (Phi) is 5.72. The van der Waals surface area contributed by atoms with E-state index in [-0.39, 0.29) is 6.03 Å². The first kappa shape index (κ1) is 15.5. The molecule has 110 valence electrons. The highest BCUT2D eigenvalue weighted by Crippen LogP contribution is 2.29. The number of ether oxygens (including phenoxy) is 1. The molecule has 2 aromatic rings. The Bertz CT molecular complexity index is 586. The van der Waals surface area contributed by atoms with Crippen LogP contribution in [0.1, 0.15) is 0 Å². The van der Waals surface area contributed by atoms with E-state index in [1.165, 1.54) is 0 Å². The van der Waals surface area contributed by atoms with Crippen molar-refractivity contribution in [3.8, 4) is 5.75 Å². The van der Waals surface area contributed by atoms with Crippen molar-refractivity contribution in [3.05, 3.63) is 58.6 Å². The van der Waals surface area contributed by atoms with Crippen LogP contribution in [0, 0.1) is 0 Å². The van der Waals surface area contributed by atoms with Gasteiger partial charge in [-0.2, -0.15) is 0 Å². The Hall–Kier alpha value is -1.91. The Balaban J connectivity index is 1.75. The van der Waals surface area contributed by atoms with Crippen LogP contribution in [0.25, 0.3) is 0 Å². The molecule has 2 amide bonds. The van der Waals surface area contributed by atoms with Crippen LogP contribution in [0.4, 0.5) is 10.5 Å². The van der Waals surface area contributed by atoms with Gasteiger partial charge in [-0.25, -0.2) is 4.79 Å². The molecule has 0 heterocycles. The van der Waals surface area contributed by atoms with Crippen molar-refractivity contribution in [2.45, 2.75) is 0 Å². The summed E-state index contributed by atoms with van der Waals surface area (Å²) < 4.78 is 5.46. The Morgan fingerprint density at radius 1 is 1.00 bits per heavy atom. The highest BCUT2D eigenvalue weighted by molar-refractivity contribution is 6.39. The van der Waals surface area contributed by atoms with E-state index in [1.54, 1.807) is 18.2 Å². The number of benzene rings is 2. The molecule has 0 saturated carbocycles. The van der Waals surface area contributed by atoms with Gasteiger partial charge in [0.2, 0.25) is 0 Å². The van der Waals surface area contributed by atoms with Crippen molar-refractivity contribution < 1.29 is 9.53 Å². The van der Waals surface area contributed by atoms with Crippen LogP contribution in [-0.4, -0.2) is 19.2 Å². The number of carbonyl (C=O) groups is 1. The van der Waals surface area contributed by atoms with Gasteiger partial charge in [0, 0.05) is 0 Å². The Morgan fingerprint density at radius 2 is 1.67 bits per heavy atom. The van der Waals surface area contributed by atoms with Crippen LogP contribution < -0.4 is 15.4 Å². The topological polar surface area (TPSA) is 50.4 Å². The molecular formula is C15H14Cl2N2O2. The summed E-state index contributed by atoms with van der Waals surface area (Å²) in [6, 6.07) is 14.0. The molecule has 0 bridgehead atoms. The van der Waals surface area contributed by atoms with Crippen molar-refractivity contribution in [3.63, 3.8) is 0 Å². The zero-order valence-corrected chi connectivity index (χ0v) is 12.6. The summed E-state index contributed by atoms with van der Waals surface area (Å²) in [5.74, 6) is 0.758. The average molecular weight is 325 g/mol. The predicted molar refractivity (Wildman–Crippen MR) is 85.4 cm³/mol. The molecule has 21 heavy (non-hydrogen) atoms. The van der Waals surface area contributed by atoms with Crippen LogP contribution in [0.3, 0.4) is 0 Å². The van der Waals surface area contributed by atoms with Gasteiger partial charge in [-0.3, -0.25) is 0 Å². The maximum absolute atomic E-state index is 11.7. The van der Waals surface area contributed by atoms with Gasteiger partial charge >= 0.3 is 6.03 Å². The summed E-state index contributed by atoms with van der Waals surface area (Å²) >= 11 is 11.9. The lowest BCUT2D eigenvalue weighted by Crippen LogP contribution is -2.32. The third-order valence-electron chi connectivity index (χ3n) is 2.60. The van der Waals surface area contributed by atoms with E-state index < -0.39 is 0 Å². The zero-order valence-electron chi connectivity index (χ0n) is 11.1. The number of urea groups is 1. The fourth-order valence-electron chi connectivity index (χ4n) is 1.63. The smallest absolute Gasteiger partial charge is 0.319 e. The standard InChI is InChI=1S/C15H14Cl2N2O2/c16-12-7-4-8-13(17)14(12)19-15(20)18-9-10-21-11-5-2-1-3-6-11/h1-8H,9-10H2,(H2,18,19,20). The normalized spacial score (nSPS) is 10.0. The number of rotatable bonds is 5. The van der Waals surface area contributed by atoms with E-state index in [4.69, 9.17) is 27.9 Å². The van der Waals surface area contributed by atoms with Gasteiger partial charge in [-0.05, 0) is 24.3 Å². The van der Waals surface area contributed by atoms with E-state index >= 15 is 0 Å². The van der Waals surface area contributed by atoms with Crippen molar-refractivity contribution in [1.82, 2.24) is 5.32 Å². The second-order valence-electron chi connectivity index (χ2n) is 4.14. The van der Waals surface area contributed by atoms with Gasteiger partial charge < -0.3 is 15.4 Å². The summed E-state index contributed by atoms with van der Waals surface area (Å²) in [4.78, 5) is 11.7. The first-order valence-electron chi connectivity index (χ1n) is 6.33. The molecule has 0 spiro atoms. The summed E-state index contributed by atoms with van der Waals surface area (Å²) in [5, 5.41) is 6.05. The van der Waals surface area contributed by atoms with Crippen molar-refractivity contribution >= 4 is 34.9 Å². The summed E-state index contributed by atoms with van der Waals surface area (Å²) in [7, 11) is 0. The zero-order chi connectivity index (χ0) is 15.1. The number of hydrogen-bond donors (Lipinski definition) is 2. The number of nitrogens with one attached hydrogen (secondary N) is 2. The highest BCUT2D eigenvalue weighted by atomic mass is 35.5. The van der Waals surface area contributed by atoms with Gasteiger partial charge in [-0.15, -0.1) is 0 Å². The van der Waals surface area contributed by atoms with E-state index in [0.717, 1.165) is 5.75 Å². The minimum Gasteiger partial charge on any atom is -0.492 e. The molecule has 0 aliphatic heterocycles.